The van der Waals surface area contributed by atoms with Crippen molar-refractivity contribution in [1.29, 1.82) is 5.26 Å². The number of hydrogen-bond donors (Lipinski definition) is 1. The van der Waals surface area contributed by atoms with Gasteiger partial charge in [0.1, 0.15) is 5.67 Å². The molecular weight excluding hydrogens is 602 g/mol. The molecule has 1 aliphatic heterocycles. The van der Waals surface area contributed by atoms with Crippen LogP contribution in [0.1, 0.15) is 70.1 Å². The molecule has 4 fully saturated rings. The van der Waals surface area contributed by atoms with Crippen LogP contribution < -0.4 is 0 Å². The average Bonchev–Trinajstić information content (AvgIpc) is 3.75. The Morgan fingerprint density at radius 3 is 2.78 bits per heavy atom. The maximum atomic E-state index is 18.1. The molecule has 2 aromatic rings. The van der Waals surface area contributed by atoms with Crippen LogP contribution >= 0.6 is 11.8 Å². The summed E-state index contributed by atoms with van der Waals surface area (Å²) in [5.41, 5.74) is -2.64. The summed E-state index contributed by atoms with van der Waals surface area (Å²) < 4.78 is 45.1. The van der Waals surface area contributed by atoms with Crippen LogP contribution in [0.4, 0.5) is 8.78 Å². The first kappa shape index (κ1) is 30.5. The molecule has 1 N–H and O–H groups in total. The minimum atomic E-state index is -2.02. The highest BCUT2D eigenvalue weighted by Crippen LogP contribution is 2.71. The molecule has 9 nitrogen and oxygen atoms in total. The lowest BCUT2D eigenvalue weighted by Crippen LogP contribution is -2.70. The van der Waals surface area contributed by atoms with Gasteiger partial charge in [-0.3, -0.25) is 4.79 Å². The van der Waals surface area contributed by atoms with Gasteiger partial charge in [0.05, 0.1) is 41.7 Å². The van der Waals surface area contributed by atoms with Crippen molar-refractivity contribution >= 4 is 28.9 Å². The number of rotatable bonds is 5. The molecule has 0 aromatic carbocycles. The zero-order valence-corrected chi connectivity index (χ0v) is 26.1. The number of nitriles is 1. The molecule has 6 unspecified atom stereocenters. The number of allylic oxidation sites excluding steroid dienone is 1. The summed E-state index contributed by atoms with van der Waals surface area (Å²) in [6, 6.07) is 4.85. The number of ether oxygens (including phenoxy) is 2. The van der Waals surface area contributed by atoms with Gasteiger partial charge < -0.3 is 14.6 Å². The van der Waals surface area contributed by atoms with E-state index in [2.05, 4.69) is 10.1 Å². The molecule has 238 valence electrons. The second-order valence-corrected chi connectivity index (χ2v) is 14.6. The van der Waals surface area contributed by atoms with Gasteiger partial charge in [0, 0.05) is 23.4 Å². The van der Waals surface area contributed by atoms with E-state index in [9.17, 15) is 24.3 Å². The van der Waals surface area contributed by atoms with Crippen LogP contribution in [0.25, 0.3) is 11.8 Å². The van der Waals surface area contributed by atoms with Crippen molar-refractivity contribution in [2.45, 2.75) is 88.7 Å². The van der Waals surface area contributed by atoms with Crippen molar-refractivity contribution in [3.63, 3.8) is 0 Å². The zero-order valence-electron chi connectivity index (χ0n) is 25.3. The van der Waals surface area contributed by atoms with Crippen LogP contribution in [0, 0.1) is 39.9 Å². The number of aliphatic hydroxyl groups is 1. The lowest BCUT2D eigenvalue weighted by molar-refractivity contribution is -0.230. The van der Waals surface area contributed by atoms with Crippen LogP contribution in [-0.4, -0.2) is 66.8 Å². The number of esters is 1. The monoisotopic (exact) mass is 638 g/mol. The van der Waals surface area contributed by atoms with E-state index in [1.165, 1.54) is 12.3 Å². The van der Waals surface area contributed by atoms with Crippen LogP contribution in [-0.2, 0) is 25.5 Å². The molecule has 5 aliphatic rings. The van der Waals surface area contributed by atoms with E-state index in [1.807, 2.05) is 26.0 Å². The normalized spacial score (nSPS) is 38.3. The summed E-state index contributed by atoms with van der Waals surface area (Å²) in [7, 11) is 0. The van der Waals surface area contributed by atoms with Gasteiger partial charge in [-0.05, 0) is 81.1 Å². The molecule has 2 aromatic heterocycles. The van der Waals surface area contributed by atoms with Gasteiger partial charge in [0.15, 0.2) is 11.7 Å². The molecular formula is C33H36F2N4O5S. The fraction of sp³-hybridized carbons (Fsp3) is 0.606. The third kappa shape index (κ3) is 4.22. The number of aromatic nitrogens is 3. The van der Waals surface area contributed by atoms with Crippen molar-refractivity contribution in [3.05, 3.63) is 47.3 Å². The highest BCUT2D eigenvalue weighted by molar-refractivity contribution is 8.14. The molecule has 1 saturated heterocycles. The van der Waals surface area contributed by atoms with Gasteiger partial charge >= 0.3 is 5.97 Å². The number of alkyl halides is 1. The van der Waals surface area contributed by atoms with Crippen molar-refractivity contribution in [3.8, 4) is 11.8 Å². The summed E-state index contributed by atoms with van der Waals surface area (Å²) in [5.74, 6) is -2.25. The zero-order chi connectivity index (χ0) is 31.8. The third-order valence-corrected chi connectivity index (χ3v) is 12.6. The first-order valence-electron chi connectivity index (χ1n) is 15.6. The molecule has 45 heavy (non-hydrogen) atoms. The quantitative estimate of drug-likeness (QED) is 0.360. The van der Waals surface area contributed by atoms with Crippen molar-refractivity contribution in [2.24, 2.45) is 22.7 Å². The van der Waals surface area contributed by atoms with Crippen molar-refractivity contribution in [1.82, 2.24) is 14.8 Å². The van der Waals surface area contributed by atoms with E-state index in [1.54, 1.807) is 16.9 Å². The summed E-state index contributed by atoms with van der Waals surface area (Å²) in [6.07, 6.45) is 5.98. The molecule has 0 radical (unpaired) electrons. The summed E-state index contributed by atoms with van der Waals surface area (Å²) in [6.45, 7) is 4.17. The number of nitrogens with zero attached hydrogens (tertiary/aromatic N) is 4. The summed E-state index contributed by atoms with van der Waals surface area (Å²) in [4.78, 5) is 31.0. The Bertz CT molecular complexity index is 1620. The molecule has 4 aliphatic carbocycles. The second-order valence-electron chi connectivity index (χ2n) is 13.7. The molecule has 3 heterocycles. The predicted molar refractivity (Wildman–Crippen MR) is 160 cm³/mol. The topological polar surface area (TPSA) is 127 Å². The maximum Gasteiger partial charge on any atom is 0.336 e. The Balaban J connectivity index is 1.25. The first-order chi connectivity index (χ1) is 21.5. The molecule has 12 heteroatoms. The molecule has 8 atom stereocenters. The standard InChI is InChI=1S/C33H36F2N4O5S/c1-30-15-19-17-38-39(21-6-8-27(34)37-18-21)24(19)14-20(30)5-7-23-22-9-10-32(29(42)45-13-11-36,44-28(41)25-4-3-12-43-25)31(22,2)16-26(40)33(23,30)35/h6,8,14,17-18,22-23,25-26,40H,3-5,7,9-10,12-13,15-16H2,1-2H3/t22-,23?,25?,26?,30?,31?,32?,33-/m0/s1. The lowest BCUT2D eigenvalue weighted by Gasteiger charge is -2.63. The number of carbonyl (C=O) groups excluding carboxylic acids is 2. The highest BCUT2D eigenvalue weighted by Gasteiger charge is 2.76. The number of hydrogen-bond acceptors (Lipinski definition) is 9. The van der Waals surface area contributed by atoms with E-state index < -0.39 is 57.3 Å². The van der Waals surface area contributed by atoms with E-state index in [0.717, 1.165) is 28.6 Å². The lowest BCUT2D eigenvalue weighted by atomic mass is 9.44. The Morgan fingerprint density at radius 1 is 1.24 bits per heavy atom. The van der Waals surface area contributed by atoms with Crippen LogP contribution in [0.5, 0.6) is 0 Å². The van der Waals surface area contributed by atoms with Gasteiger partial charge in [0.2, 0.25) is 11.1 Å². The van der Waals surface area contributed by atoms with Gasteiger partial charge in [-0.15, -0.1) is 0 Å². The first-order valence-corrected chi connectivity index (χ1v) is 16.6. The van der Waals surface area contributed by atoms with E-state index >= 15 is 4.39 Å². The second kappa shape index (κ2) is 10.7. The number of thioether (sulfide) groups is 1. The van der Waals surface area contributed by atoms with Crippen molar-refractivity contribution in [2.75, 3.05) is 12.4 Å². The Labute approximate surface area is 264 Å². The largest absolute Gasteiger partial charge is 0.448 e. The number of carbonyl (C=O) groups is 2. The Hall–Kier alpha value is -3.14. The molecule has 3 saturated carbocycles. The smallest absolute Gasteiger partial charge is 0.336 e. The Morgan fingerprint density at radius 2 is 2.07 bits per heavy atom. The highest BCUT2D eigenvalue weighted by atomic mass is 32.2. The molecule has 0 bridgehead atoms. The van der Waals surface area contributed by atoms with Crippen LogP contribution in [0.3, 0.4) is 0 Å². The molecule has 0 spiro atoms. The number of pyridine rings is 1. The van der Waals surface area contributed by atoms with E-state index in [0.29, 0.717) is 50.8 Å². The third-order valence-electron chi connectivity index (χ3n) is 11.7. The summed E-state index contributed by atoms with van der Waals surface area (Å²) >= 11 is 0.815. The predicted octanol–water partition coefficient (Wildman–Crippen LogP) is 4.90. The molecule has 7 rings (SSSR count). The van der Waals surface area contributed by atoms with Crippen molar-refractivity contribution < 1.29 is 33.0 Å². The Kier molecular flexibility index (Phi) is 7.26. The minimum absolute atomic E-state index is 0.0709. The van der Waals surface area contributed by atoms with Gasteiger partial charge in [-0.25, -0.2) is 18.9 Å². The number of aliphatic hydroxyl groups excluding tert-OH is 1. The SMILES string of the molecule is CC12CC(O)[C@@]3(F)C(CCC4=Cc5c(cnn5-c5ccc(F)nc5)CC43C)[C@@H]1CCC2(OC(=O)C1CCCO1)C(=O)SCC#N. The average molecular weight is 639 g/mol. The van der Waals surface area contributed by atoms with E-state index in [4.69, 9.17) is 9.47 Å². The maximum absolute atomic E-state index is 18.1. The fourth-order valence-electron chi connectivity index (χ4n) is 9.50. The molecule has 0 amide bonds. The minimum Gasteiger partial charge on any atom is -0.448 e. The van der Waals surface area contributed by atoms with E-state index in [-0.39, 0.29) is 24.5 Å². The van der Waals surface area contributed by atoms with Gasteiger partial charge in [0.25, 0.3) is 0 Å². The number of fused-ring (bicyclic) bond motifs is 6. The fourth-order valence-corrected chi connectivity index (χ4v) is 10.3. The van der Waals surface area contributed by atoms with Gasteiger partial charge in [-0.2, -0.15) is 14.8 Å². The van der Waals surface area contributed by atoms with Crippen LogP contribution in [0.2, 0.25) is 0 Å². The number of halogens is 2. The van der Waals surface area contributed by atoms with Crippen LogP contribution in [0.15, 0.2) is 30.1 Å². The van der Waals surface area contributed by atoms with Gasteiger partial charge in [-0.1, -0.05) is 31.2 Å². The summed E-state index contributed by atoms with van der Waals surface area (Å²) in [5, 5.41) is 25.3.